The van der Waals surface area contributed by atoms with Crippen LogP contribution in [0.3, 0.4) is 0 Å². The van der Waals surface area contributed by atoms with Crippen LogP contribution in [-0.2, 0) is 6.42 Å². The van der Waals surface area contributed by atoms with Gasteiger partial charge in [-0.2, -0.15) is 0 Å². The van der Waals surface area contributed by atoms with Gasteiger partial charge in [-0.1, -0.05) is 49.2 Å². The molecule has 0 unspecified atom stereocenters. The van der Waals surface area contributed by atoms with E-state index in [1.165, 1.54) is 31.0 Å². The number of fused-ring (bicyclic) bond motifs is 1. The minimum Gasteiger partial charge on any atom is -0.507 e. The highest BCUT2D eigenvalue weighted by Crippen LogP contribution is 2.36. The van der Waals surface area contributed by atoms with Gasteiger partial charge in [0, 0.05) is 16.5 Å². The Morgan fingerprint density at radius 3 is 2.62 bits per heavy atom. The maximum absolute atomic E-state index is 12.4. The Balaban J connectivity index is 1.47. The molecule has 2 atom stereocenters. The van der Waals surface area contributed by atoms with Crippen LogP contribution in [0.15, 0.2) is 91.6 Å². The smallest absolute Gasteiger partial charge is 0.507 e. The summed E-state index contributed by atoms with van der Waals surface area (Å²) in [6, 6.07) is 10.5. The van der Waals surface area contributed by atoms with Gasteiger partial charge in [0.25, 0.3) is 5.95 Å². The number of phenolic OH excluding ortho intramolecular Hbond substituents is 1. The molecule has 0 fully saturated rings. The summed E-state index contributed by atoms with van der Waals surface area (Å²) in [6.45, 7) is 3.72. The molecule has 4 aromatic rings. The Kier molecular flexibility index (Phi) is 11.5. The van der Waals surface area contributed by atoms with Crippen LogP contribution < -0.4 is 14.9 Å². The fraction of sp³-hybridized carbons (Fsp3) is 0.242. The van der Waals surface area contributed by atoms with Crippen molar-refractivity contribution in [3.05, 3.63) is 105 Å². The molecule has 2 heterocycles. The summed E-state index contributed by atoms with van der Waals surface area (Å²) < 4.78 is 21.3. The number of hydrogen-bond acceptors (Lipinski definition) is 10. The summed E-state index contributed by atoms with van der Waals surface area (Å²) >= 11 is 7.25. The maximum atomic E-state index is 12.4. The van der Waals surface area contributed by atoms with Crippen molar-refractivity contribution in [2.24, 2.45) is 0 Å². The van der Waals surface area contributed by atoms with Crippen LogP contribution in [0.5, 0.6) is 17.4 Å². The Morgan fingerprint density at radius 2 is 1.93 bits per heavy atom. The molecule has 4 rings (SSSR count). The van der Waals surface area contributed by atoms with Gasteiger partial charge in [0.15, 0.2) is 11.2 Å². The van der Waals surface area contributed by atoms with E-state index in [9.17, 15) is 24.6 Å². The van der Waals surface area contributed by atoms with Gasteiger partial charge in [-0.15, -0.1) is 11.8 Å². The predicted molar refractivity (Wildman–Crippen MR) is 170 cm³/mol. The number of carbonyl (C=O) groups excluding carboxylic acids is 1. The summed E-state index contributed by atoms with van der Waals surface area (Å²) in [5.41, 5.74) is 0.534. The molecule has 0 spiro atoms. The number of rotatable bonds is 14. The third kappa shape index (κ3) is 8.81. The van der Waals surface area contributed by atoms with E-state index in [1.807, 2.05) is 13.0 Å². The molecule has 3 N–H and O–H groups in total. The Bertz CT molecular complexity index is 1790. The second-order valence-electron chi connectivity index (χ2n) is 9.85. The lowest BCUT2D eigenvalue weighted by molar-refractivity contribution is 0.101. The molecule has 12 heteroatoms. The number of phenols is 1. The number of allylic oxidation sites excluding steroid dienone is 2. The van der Waals surface area contributed by atoms with E-state index in [0.29, 0.717) is 40.7 Å². The summed E-state index contributed by atoms with van der Waals surface area (Å²) in [4.78, 5) is 35.7. The first kappa shape index (κ1) is 33.4. The normalized spacial score (nSPS) is 13.0. The first-order valence-corrected chi connectivity index (χ1v) is 15.2. The number of carboxylic acid groups (broad SMARTS) is 1. The Morgan fingerprint density at radius 1 is 1.13 bits per heavy atom. The number of benzene rings is 2. The molecule has 45 heavy (non-hydrogen) atoms. The van der Waals surface area contributed by atoms with Crippen LogP contribution in [-0.4, -0.2) is 39.1 Å². The molecule has 0 saturated carbocycles. The highest BCUT2D eigenvalue weighted by Gasteiger charge is 2.23. The second kappa shape index (κ2) is 15.5. The molecular formula is C33H31ClO10S. The minimum absolute atomic E-state index is 0.0390. The highest BCUT2D eigenvalue weighted by molar-refractivity contribution is 8.00. The molecule has 2 aromatic heterocycles. The van der Waals surface area contributed by atoms with Gasteiger partial charge < -0.3 is 33.6 Å². The molecule has 236 valence electrons. The van der Waals surface area contributed by atoms with Gasteiger partial charge in [0.1, 0.15) is 35.2 Å². The summed E-state index contributed by atoms with van der Waals surface area (Å²) in [5.74, 6) is 0.0839. The number of hydrogen-bond donors (Lipinski definition) is 3. The lowest BCUT2D eigenvalue weighted by atomic mass is 10.0. The van der Waals surface area contributed by atoms with Gasteiger partial charge in [-0.25, -0.2) is 4.79 Å². The van der Waals surface area contributed by atoms with Crippen molar-refractivity contribution >= 4 is 46.3 Å². The van der Waals surface area contributed by atoms with E-state index in [2.05, 4.69) is 4.74 Å². The number of aliphatic hydroxyl groups excluding tert-OH is 1. The van der Waals surface area contributed by atoms with E-state index >= 15 is 0 Å². The standard InChI is InChI=1S/C33H31ClO10S/c1-3-8-24-26(13-12-22(19(2)35)31(24)37)41-14-7-5-4-6-9-29(32(38)28-15-20(34)18-42-28)45-21-10-11-23-25(36)17-30(44-33(39)40)43-27(23)16-21/h4-6,9-13,15-18,29,32,37-38H,3,7-8,14H2,1-2H3,(H,39,40)/b5-4-,9-6+/t29-,32+/m0/s1. The fourth-order valence-corrected chi connectivity index (χ4v) is 5.67. The number of Topliss-reactive ketones (excluding diaryl/α,β-unsaturated/α-hetero) is 1. The molecule has 0 radical (unpaired) electrons. The Labute approximate surface area is 267 Å². The van der Waals surface area contributed by atoms with Crippen molar-refractivity contribution in [1.29, 1.82) is 0 Å². The summed E-state index contributed by atoms with van der Waals surface area (Å²) in [6.07, 6.45) is 7.72. The number of halogens is 1. The van der Waals surface area contributed by atoms with Crippen molar-refractivity contribution in [2.45, 2.75) is 49.4 Å². The number of ether oxygens (including phenoxy) is 2. The molecular weight excluding hydrogens is 624 g/mol. The minimum atomic E-state index is -1.61. The van der Waals surface area contributed by atoms with E-state index in [4.69, 9.17) is 30.3 Å². The average molecular weight is 655 g/mol. The van der Waals surface area contributed by atoms with Crippen molar-refractivity contribution in [2.75, 3.05) is 6.61 Å². The zero-order valence-corrected chi connectivity index (χ0v) is 26.0. The van der Waals surface area contributed by atoms with Crippen LogP contribution in [0.25, 0.3) is 11.0 Å². The first-order chi connectivity index (χ1) is 21.6. The van der Waals surface area contributed by atoms with Crippen molar-refractivity contribution in [3.8, 4) is 17.4 Å². The van der Waals surface area contributed by atoms with Crippen molar-refractivity contribution in [3.63, 3.8) is 0 Å². The van der Waals surface area contributed by atoms with Crippen LogP contribution >= 0.6 is 23.4 Å². The van der Waals surface area contributed by atoms with Gasteiger partial charge in [0.05, 0.1) is 33.9 Å². The number of thioether (sulfide) groups is 1. The molecule has 0 bridgehead atoms. The molecule has 0 saturated heterocycles. The van der Waals surface area contributed by atoms with Gasteiger partial charge in [-0.3, -0.25) is 9.59 Å². The van der Waals surface area contributed by atoms with E-state index in [0.717, 1.165) is 12.5 Å². The molecule has 0 amide bonds. The van der Waals surface area contributed by atoms with E-state index in [1.54, 1.807) is 48.6 Å². The van der Waals surface area contributed by atoms with E-state index in [-0.39, 0.29) is 33.8 Å². The molecule has 0 aliphatic heterocycles. The van der Waals surface area contributed by atoms with Gasteiger partial charge in [-0.05, 0) is 50.1 Å². The largest absolute Gasteiger partial charge is 0.513 e. The number of aromatic hydroxyl groups is 1. The highest BCUT2D eigenvalue weighted by atomic mass is 35.5. The average Bonchev–Trinajstić information content (AvgIpc) is 3.42. The third-order valence-corrected chi connectivity index (χ3v) is 7.95. The van der Waals surface area contributed by atoms with Crippen LogP contribution in [0, 0.1) is 0 Å². The fourth-order valence-electron chi connectivity index (χ4n) is 4.45. The van der Waals surface area contributed by atoms with Crippen molar-refractivity contribution < 1.29 is 43.2 Å². The van der Waals surface area contributed by atoms with Gasteiger partial charge in [0.2, 0.25) is 0 Å². The van der Waals surface area contributed by atoms with Crippen LogP contribution in [0.4, 0.5) is 4.79 Å². The summed E-state index contributed by atoms with van der Waals surface area (Å²) in [7, 11) is 0. The number of aliphatic hydroxyl groups is 1. The number of ketones is 1. The SMILES string of the molecule is CCCc1c(OCC/C=C\C=C\[C@H](Sc2ccc3c(=O)cc(OC(=O)O)oc3c2)[C@H](O)c2cc(Cl)co2)ccc(C(C)=O)c1O. The zero-order chi connectivity index (χ0) is 32.5. The third-order valence-electron chi connectivity index (χ3n) is 6.54. The monoisotopic (exact) mass is 654 g/mol. The first-order valence-electron chi connectivity index (χ1n) is 14.0. The topological polar surface area (TPSA) is 157 Å². The number of furan rings is 1. The maximum Gasteiger partial charge on any atom is 0.513 e. The zero-order valence-electron chi connectivity index (χ0n) is 24.4. The molecule has 2 aromatic carbocycles. The quantitative estimate of drug-likeness (QED) is 0.0402. The molecule has 0 aliphatic rings. The predicted octanol–water partition coefficient (Wildman–Crippen LogP) is 7.73. The lowest BCUT2D eigenvalue weighted by Gasteiger charge is -2.18. The number of carbonyl (C=O) groups is 2. The Hall–Kier alpha value is -4.45. The van der Waals surface area contributed by atoms with Crippen molar-refractivity contribution in [1.82, 2.24) is 0 Å². The van der Waals surface area contributed by atoms with E-state index < -0.39 is 28.9 Å². The van der Waals surface area contributed by atoms with Gasteiger partial charge >= 0.3 is 6.16 Å². The summed E-state index contributed by atoms with van der Waals surface area (Å²) in [5, 5.41) is 30.5. The molecule has 10 nitrogen and oxygen atoms in total. The van der Waals surface area contributed by atoms with Crippen LogP contribution in [0.1, 0.15) is 54.5 Å². The van der Waals surface area contributed by atoms with Crippen LogP contribution in [0.2, 0.25) is 5.02 Å². The lowest BCUT2D eigenvalue weighted by Crippen LogP contribution is -2.12. The molecule has 0 aliphatic carbocycles. The second-order valence-corrected chi connectivity index (χ2v) is 11.5.